The first kappa shape index (κ1) is 12.4. The Hall–Kier alpha value is -1.64. The average Bonchev–Trinajstić information content (AvgIpc) is 2.71. The molecule has 2 aromatic rings. The lowest BCUT2D eigenvalue weighted by molar-refractivity contribution is 0.630. The minimum Gasteiger partial charge on any atom is -0.342 e. The number of aromatic nitrogens is 2. The van der Waals surface area contributed by atoms with Gasteiger partial charge < -0.3 is 4.98 Å². The molecule has 0 saturated carbocycles. The van der Waals surface area contributed by atoms with Crippen LogP contribution in [0.25, 0.3) is 11.4 Å². The van der Waals surface area contributed by atoms with Gasteiger partial charge in [0.05, 0.1) is 5.56 Å². The van der Waals surface area contributed by atoms with Crippen molar-refractivity contribution in [2.24, 2.45) is 0 Å². The van der Waals surface area contributed by atoms with Crippen molar-refractivity contribution in [2.75, 3.05) is 0 Å². The summed E-state index contributed by atoms with van der Waals surface area (Å²) in [6.45, 7) is 7.82. The van der Waals surface area contributed by atoms with Gasteiger partial charge in [-0.05, 0) is 26.0 Å². The Morgan fingerprint density at radius 1 is 1.19 bits per heavy atom. The van der Waals surface area contributed by atoms with Gasteiger partial charge in [-0.15, -0.1) is 0 Å². The second-order valence-corrected chi connectivity index (χ2v) is 3.40. The van der Waals surface area contributed by atoms with Crippen molar-refractivity contribution < 1.29 is 4.39 Å². The van der Waals surface area contributed by atoms with Crippen molar-refractivity contribution in [1.29, 1.82) is 0 Å². The van der Waals surface area contributed by atoms with Crippen LogP contribution in [0.2, 0.25) is 0 Å². The van der Waals surface area contributed by atoms with Gasteiger partial charge in [0, 0.05) is 11.9 Å². The summed E-state index contributed by atoms with van der Waals surface area (Å²) in [4.78, 5) is 7.10. The summed E-state index contributed by atoms with van der Waals surface area (Å²) in [6, 6.07) is 4.99. The SMILES string of the molecule is CC.Cc1ccc(F)c(-c2ncc(C)[nH]2)c1. The lowest BCUT2D eigenvalue weighted by Crippen LogP contribution is -1.87. The van der Waals surface area contributed by atoms with Gasteiger partial charge in [-0.1, -0.05) is 25.5 Å². The van der Waals surface area contributed by atoms with Crippen LogP contribution in [-0.4, -0.2) is 9.97 Å². The first-order valence-corrected chi connectivity index (χ1v) is 5.45. The molecule has 1 N–H and O–H groups in total. The molecule has 86 valence electrons. The van der Waals surface area contributed by atoms with Gasteiger partial charge in [-0.25, -0.2) is 9.37 Å². The quantitative estimate of drug-likeness (QED) is 0.776. The average molecular weight is 220 g/mol. The van der Waals surface area contributed by atoms with Crippen molar-refractivity contribution in [3.63, 3.8) is 0 Å². The molecule has 0 amide bonds. The van der Waals surface area contributed by atoms with Crippen molar-refractivity contribution >= 4 is 0 Å². The summed E-state index contributed by atoms with van der Waals surface area (Å²) in [5, 5.41) is 0. The van der Waals surface area contributed by atoms with E-state index in [1.165, 1.54) is 6.07 Å². The van der Waals surface area contributed by atoms with Crippen molar-refractivity contribution in [1.82, 2.24) is 9.97 Å². The van der Waals surface area contributed by atoms with Gasteiger partial charge in [0.15, 0.2) is 0 Å². The smallest absolute Gasteiger partial charge is 0.140 e. The summed E-state index contributed by atoms with van der Waals surface area (Å²) in [5.74, 6) is 0.341. The number of nitrogens with zero attached hydrogens (tertiary/aromatic N) is 1. The van der Waals surface area contributed by atoms with Crippen LogP contribution in [0.4, 0.5) is 4.39 Å². The fourth-order valence-electron chi connectivity index (χ4n) is 1.37. The molecule has 2 rings (SSSR count). The normalized spacial score (nSPS) is 9.56. The van der Waals surface area contributed by atoms with E-state index < -0.39 is 0 Å². The summed E-state index contributed by atoms with van der Waals surface area (Å²) < 4.78 is 13.4. The Labute approximate surface area is 95.5 Å². The molecule has 0 bridgehead atoms. The minimum atomic E-state index is -0.245. The second kappa shape index (κ2) is 5.45. The molecule has 1 aromatic carbocycles. The highest BCUT2D eigenvalue weighted by Gasteiger charge is 2.07. The van der Waals surface area contributed by atoms with Crippen LogP contribution in [-0.2, 0) is 0 Å². The maximum atomic E-state index is 13.4. The summed E-state index contributed by atoms with van der Waals surface area (Å²) >= 11 is 0. The largest absolute Gasteiger partial charge is 0.342 e. The molecule has 0 aliphatic rings. The fourth-order valence-corrected chi connectivity index (χ4v) is 1.37. The van der Waals surface area contributed by atoms with Crippen LogP contribution in [0.3, 0.4) is 0 Å². The highest BCUT2D eigenvalue weighted by Crippen LogP contribution is 2.20. The molecule has 0 atom stereocenters. The van der Waals surface area contributed by atoms with E-state index in [1.807, 2.05) is 27.7 Å². The number of hydrogen-bond donors (Lipinski definition) is 1. The van der Waals surface area contributed by atoms with Gasteiger partial charge in [0.2, 0.25) is 0 Å². The Balaban J connectivity index is 0.000000606. The first-order chi connectivity index (χ1) is 7.66. The molecular formula is C13H17FN2. The Morgan fingerprint density at radius 2 is 1.88 bits per heavy atom. The third-order valence-electron chi connectivity index (χ3n) is 2.08. The molecule has 0 aliphatic carbocycles. The molecule has 0 saturated heterocycles. The number of aryl methyl sites for hydroxylation is 2. The van der Waals surface area contributed by atoms with Gasteiger partial charge in [0.25, 0.3) is 0 Å². The van der Waals surface area contributed by atoms with E-state index in [-0.39, 0.29) is 5.82 Å². The predicted molar refractivity (Wildman–Crippen MR) is 64.8 cm³/mol. The van der Waals surface area contributed by atoms with E-state index in [2.05, 4.69) is 9.97 Å². The van der Waals surface area contributed by atoms with Gasteiger partial charge in [-0.3, -0.25) is 0 Å². The van der Waals surface area contributed by atoms with E-state index in [4.69, 9.17) is 0 Å². The summed E-state index contributed by atoms with van der Waals surface area (Å²) in [6.07, 6.45) is 1.69. The van der Waals surface area contributed by atoms with Gasteiger partial charge in [0.1, 0.15) is 11.6 Å². The second-order valence-electron chi connectivity index (χ2n) is 3.40. The highest BCUT2D eigenvalue weighted by molar-refractivity contribution is 5.57. The standard InChI is InChI=1S/C11H11FN2.C2H6/c1-7-3-4-10(12)9(5-7)11-13-6-8(2)14-11;1-2/h3-6H,1-2H3,(H,13,14);1-2H3. The number of H-pyrrole nitrogens is 1. The van der Waals surface area contributed by atoms with Crippen molar-refractivity contribution in [3.05, 3.63) is 41.5 Å². The van der Waals surface area contributed by atoms with E-state index in [0.29, 0.717) is 11.4 Å². The summed E-state index contributed by atoms with van der Waals surface area (Å²) in [5.41, 5.74) is 2.48. The van der Waals surface area contributed by atoms with E-state index >= 15 is 0 Å². The molecule has 2 nitrogen and oxygen atoms in total. The van der Waals surface area contributed by atoms with Crippen LogP contribution in [0.5, 0.6) is 0 Å². The minimum absolute atomic E-state index is 0.245. The number of benzene rings is 1. The zero-order chi connectivity index (χ0) is 12.1. The van der Waals surface area contributed by atoms with Crippen molar-refractivity contribution in [3.8, 4) is 11.4 Å². The third-order valence-corrected chi connectivity index (χ3v) is 2.08. The Morgan fingerprint density at radius 3 is 2.44 bits per heavy atom. The maximum Gasteiger partial charge on any atom is 0.140 e. The Kier molecular flexibility index (Phi) is 4.23. The molecule has 0 spiro atoms. The first-order valence-electron chi connectivity index (χ1n) is 5.45. The van der Waals surface area contributed by atoms with Crippen LogP contribution in [0, 0.1) is 19.7 Å². The van der Waals surface area contributed by atoms with Gasteiger partial charge in [-0.2, -0.15) is 0 Å². The predicted octanol–water partition coefficient (Wildman–Crippen LogP) is 3.86. The maximum absolute atomic E-state index is 13.4. The fraction of sp³-hybridized carbons (Fsp3) is 0.308. The van der Waals surface area contributed by atoms with E-state index in [1.54, 1.807) is 18.3 Å². The number of halogens is 1. The molecule has 0 radical (unpaired) electrons. The topological polar surface area (TPSA) is 28.7 Å². The molecule has 0 aliphatic heterocycles. The lowest BCUT2D eigenvalue weighted by atomic mass is 10.1. The summed E-state index contributed by atoms with van der Waals surface area (Å²) in [7, 11) is 0. The number of imidazole rings is 1. The Bertz CT molecular complexity index is 461. The highest BCUT2D eigenvalue weighted by atomic mass is 19.1. The molecular weight excluding hydrogens is 203 g/mol. The molecule has 0 unspecified atom stereocenters. The van der Waals surface area contributed by atoms with Crippen molar-refractivity contribution in [2.45, 2.75) is 27.7 Å². The molecule has 1 heterocycles. The monoisotopic (exact) mass is 220 g/mol. The van der Waals surface area contributed by atoms with Gasteiger partial charge >= 0.3 is 0 Å². The number of rotatable bonds is 1. The molecule has 0 fully saturated rings. The lowest BCUT2D eigenvalue weighted by Gasteiger charge is -2.00. The molecule has 1 aromatic heterocycles. The zero-order valence-corrected chi connectivity index (χ0v) is 10.1. The van der Waals surface area contributed by atoms with E-state index in [0.717, 1.165) is 11.3 Å². The number of nitrogens with one attached hydrogen (secondary N) is 1. The van der Waals surface area contributed by atoms with E-state index in [9.17, 15) is 4.39 Å². The molecule has 3 heteroatoms. The number of hydrogen-bond acceptors (Lipinski definition) is 1. The van der Waals surface area contributed by atoms with Crippen LogP contribution < -0.4 is 0 Å². The van der Waals surface area contributed by atoms with Crippen LogP contribution in [0.15, 0.2) is 24.4 Å². The molecule has 16 heavy (non-hydrogen) atoms. The number of aromatic amines is 1. The third kappa shape index (κ3) is 2.69. The zero-order valence-electron chi connectivity index (χ0n) is 10.1. The van der Waals surface area contributed by atoms with Crippen LogP contribution >= 0.6 is 0 Å². The van der Waals surface area contributed by atoms with Crippen LogP contribution in [0.1, 0.15) is 25.1 Å².